The number of H-pyrrole nitrogens is 1. The van der Waals surface area contributed by atoms with Crippen molar-refractivity contribution in [2.45, 2.75) is 25.8 Å². The van der Waals surface area contributed by atoms with Crippen molar-refractivity contribution < 1.29 is 14.7 Å². The summed E-state index contributed by atoms with van der Waals surface area (Å²) in [7, 11) is 0. The average molecular weight is 260 g/mol. The Kier molecular flexibility index (Phi) is 3.85. The first kappa shape index (κ1) is 13.1. The number of carboxylic acids is 1. The van der Waals surface area contributed by atoms with Gasteiger partial charge in [-0.2, -0.15) is 0 Å². The maximum absolute atomic E-state index is 11.8. The predicted molar refractivity (Wildman–Crippen MR) is 71.9 cm³/mol. The molecule has 1 unspecified atom stereocenters. The Bertz CT molecular complexity index is 604. The third kappa shape index (κ3) is 3.34. The van der Waals surface area contributed by atoms with E-state index < -0.39 is 5.97 Å². The van der Waals surface area contributed by atoms with Gasteiger partial charge in [0.2, 0.25) is 5.91 Å². The first-order chi connectivity index (χ1) is 9.06. The van der Waals surface area contributed by atoms with Crippen LogP contribution in [0.15, 0.2) is 30.5 Å². The Balaban J connectivity index is 2.01. The number of hydrogen-bond donors (Lipinski definition) is 3. The summed E-state index contributed by atoms with van der Waals surface area (Å²) in [6, 6.07) is 7.39. The van der Waals surface area contributed by atoms with Crippen molar-refractivity contribution in [3.05, 3.63) is 36.0 Å². The molecule has 19 heavy (non-hydrogen) atoms. The van der Waals surface area contributed by atoms with E-state index in [1.807, 2.05) is 30.5 Å². The van der Waals surface area contributed by atoms with Crippen molar-refractivity contribution in [3.8, 4) is 0 Å². The number of amides is 1. The van der Waals surface area contributed by atoms with Gasteiger partial charge < -0.3 is 15.4 Å². The maximum atomic E-state index is 11.8. The zero-order chi connectivity index (χ0) is 13.8. The zero-order valence-corrected chi connectivity index (χ0v) is 10.6. The number of aromatic nitrogens is 1. The van der Waals surface area contributed by atoms with E-state index in [2.05, 4.69) is 10.3 Å². The second-order valence-corrected chi connectivity index (χ2v) is 4.60. The third-order valence-electron chi connectivity index (χ3n) is 2.91. The Hall–Kier alpha value is -2.30. The lowest BCUT2D eigenvalue weighted by atomic mass is 10.1. The summed E-state index contributed by atoms with van der Waals surface area (Å²) in [6.45, 7) is 1.68. The largest absolute Gasteiger partial charge is 0.481 e. The standard InChI is InChI=1S/C14H16N2O3/c1-9(6-14(18)19)16-13(17)7-10-8-15-12-5-3-2-4-11(10)12/h2-5,8-9,15H,6-7H2,1H3,(H,16,17)(H,18,19). The number of fused-ring (bicyclic) bond motifs is 1. The number of nitrogens with one attached hydrogen (secondary N) is 2. The van der Waals surface area contributed by atoms with Gasteiger partial charge in [0, 0.05) is 23.1 Å². The molecule has 1 aromatic heterocycles. The number of carbonyl (C=O) groups excluding carboxylic acids is 1. The van der Waals surface area contributed by atoms with Crippen LogP contribution in [0.1, 0.15) is 18.9 Å². The van der Waals surface area contributed by atoms with Crippen molar-refractivity contribution >= 4 is 22.8 Å². The first-order valence-electron chi connectivity index (χ1n) is 6.12. The molecule has 0 radical (unpaired) electrons. The third-order valence-corrected chi connectivity index (χ3v) is 2.91. The summed E-state index contributed by atoms with van der Waals surface area (Å²) in [5.74, 6) is -1.08. The van der Waals surface area contributed by atoms with Gasteiger partial charge in [-0.15, -0.1) is 0 Å². The van der Waals surface area contributed by atoms with Crippen LogP contribution in [0.2, 0.25) is 0 Å². The van der Waals surface area contributed by atoms with Crippen LogP contribution in [0, 0.1) is 0 Å². The molecule has 0 aliphatic rings. The minimum Gasteiger partial charge on any atom is -0.481 e. The molecule has 5 heteroatoms. The normalized spacial score (nSPS) is 12.3. The fourth-order valence-corrected chi connectivity index (χ4v) is 2.09. The minimum atomic E-state index is -0.917. The minimum absolute atomic E-state index is 0.0698. The fourth-order valence-electron chi connectivity index (χ4n) is 2.09. The van der Waals surface area contributed by atoms with Crippen LogP contribution >= 0.6 is 0 Å². The van der Waals surface area contributed by atoms with Gasteiger partial charge in [0.25, 0.3) is 0 Å². The van der Waals surface area contributed by atoms with Crippen LogP contribution < -0.4 is 5.32 Å². The van der Waals surface area contributed by atoms with E-state index in [1.54, 1.807) is 6.92 Å². The van der Waals surface area contributed by atoms with Crippen molar-refractivity contribution in [2.24, 2.45) is 0 Å². The Morgan fingerprint density at radius 1 is 1.37 bits per heavy atom. The summed E-state index contributed by atoms with van der Waals surface area (Å²) in [4.78, 5) is 25.5. The van der Waals surface area contributed by atoms with Crippen LogP contribution in [0.5, 0.6) is 0 Å². The molecule has 0 saturated carbocycles. The molecule has 0 fully saturated rings. The molecule has 1 atom stereocenters. The van der Waals surface area contributed by atoms with E-state index in [9.17, 15) is 9.59 Å². The summed E-state index contributed by atoms with van der Waals surface area (Å²) >= 11 is 0. The highest BCUT2D eigenvalue weighted by atomic mass is 16.4. The van der Waals surface area contributed by atoms with Gasteiger partial charge in [0.15, 0.2) is 0 Å². The highest BCUT2D eigenvalue weighted by Crippen LogP contribution is 2.17. The van der Waals surface area contributed by atoms with E-state index in [-0.39, 0.29) is 24.8 Å². The number of aliphatic carboxylic acids is 1. The lowest BCUT2D eigenvalue weighted by molar-refractivity contribution is -0.137. The SMILES string of the molecule is CC(CC(=O)O)NC(=O)Cc1c[nH]c2ccccc12. The summed E-state index contributed by atoms with van der Waals surface area (Å²) in [5, 5.41) is 12.3. The highest BCUT2D eigenvalue weighted by Gasteiger charge is 2.13. The second kappa shape index (κ2) is 5.56. The molecule has 0 saturated heterocycles. The van der Waals surface area contributed by atoms with Gasteiger partial charge in [-0.1, -0.05) is 18.2 Å². The number of para-hydroxylation sites is 1. The number of carboxylic acid groups (broad SMARTS) is 1. The summed E-state index contributed by atoms with van der Waals surface area (Å²) in [6.07, 6.45) is 1.99. The van der Waals surface area contributed by atoms with Crippen LogP contribution in [-0.2, 0) is 16.0 Å². The molecule has 2 aromatic rings. The van der Waals surface area contributed by atoms with Crippen LogP contribution in [0.4, 0.5) is 0 Å². The lowest BCUT2D eigenvalue weighted by Gasteiger charge is -2.11. The zero-order valence-electron chi connectivity index (χ0n) is 10.6. The maximum Gasteiger partial charge on any atom is 0.305 e. The Labute approximate surface area is 110 Å². The van der Waals surface area contributed by atoms with Gasteiger partial charge in [-0.3, -0.25) is 9.59 Å². The Morgan fingerprint density at radius 2 is 2.11 bits per heavy atom. The average Bonchev–Trinajstić information content (AvgIpc) is 2.71. The molecule has 0 bridgehead atoms. The number of hydrogen-bond acceptors (Lipinski definition) is 2. The fraction of sp³-hybridized carbons (Fsp3) is 0.286. The van der Waals surface area contributed by atoms with Crippen molar-refractivity contribution in [1.29, 1.82) is 0 Å². The van der Waals surface area contributed by atoms with E-state index in [0.717, 1.165) is 16.5 Å². The van der Waals surface area contributed by atoms with Crippen molar-refractivity contribution in [1.82, 2.24) is 10.3 Å². The quantitative estimate of drug-likeness (QED) is 0.765. The molecule has 3 N–H and O–H groups in total. The smallest absolute Gasteiger partial charge is 0.305 e. The molecule has 2 rings (SSSR count). The van der Waals surface area contributed by atoms with Gasteiger partial charge in [0.1, 0.15) is 0 Å². The second-order valence-electron chi connectivity index (χ2n) is 4.60. The molecular weight excluding hydrogens is 244 g/mol. The molecule has 0 aliphatic heterocycles. The molecular formula is C14H16N2O3. The van der Waals surface area contributed by atoms with E-state index >= 15 is 0 Å². The molecule has 0 aliphatic carbocycles. The molecule has 0 spiro atoms. The lowest BCUT2D eigenvalue weighted by Crippen LogP contribution is -2.35. The predicted octanol–water partition coefficient (Wildman–Crippen LogP) is 1.69. The van der Waals surface area contributed by atoms with Crippen LogP contribution in [0.25, 0.3) is 10.9 Å². The van der Waals surface area contributed by atoms with Crippen molar-refractivity contribution in [2.75, 3.05) is 0 Å². The van der Waals surface area contributed by atoms with Crippen molar-refractivity contribution in [3.63, 3.8) is 0 Å². The highest BCUT2D eigenvalue weighted by molar-refractivity contribution is 5.89. The van der Waals surface area contributed by atoms with Crippen LogP contribution in [-0.4, -0.2) is 28.0 Å². The van der Waals surface area contributed by atoms with Crippen LogP contribution in [0.3, 0.4) is 0 Å². The molecule has 100 valence electrons. The van der Waals surface area contributed by atoms with E-state index in [1.165, 1.54) is 0 Å². The molecule has 1 aromatic carbocycles. The molecule has 1 amide bonds. The summed E-state index contributed by atoms with van der Waals surface area (Å²) in [5.41, 5.74) is 1.90. The Morgan fingerprint density at radius 3 is 2.84 bits per heavy atom. The number of rotatable bonds is 5. The monoisotopic (exact) mass is 260 g/mol. The number of carbonyl (C=O) groups is 2. The summed E-state index contributed by atoms with van der Waals surface area (Å²) < 4.78 is 0. The topological polar surface area (TPSA) is 82.2 Å². The van der Waals surface area contributed by atoms with Gasteiger partial charge >= 0.3 is 5.97 Å². The van der Waals surface area contributed by atoms with Gasteiger partial charge in [-0.05, 0) is 18.6 Å². The number of aromatic amines is 1. The molecule has 5 nitrogen and oxygen atoms in total. The van der Waals surface area contributed by atoms with Gasteiger partial charge in [0.05, 0.1) is 12.8 Å². The van der Waals surface area contributed by atoms with E-state index in [4.69, 9.17) is 5.11 Å². The first-order valence-corrected chi connectivity index (χ1v) is 6.12. The van der Waals surface area contributed by atoms with E-state index in [0.29, 0.717) is 0 Å². The number of benzene rings is 1. The van der Waals surface area contributed by atoms with Gasteiger partial charge in [-0.25, -0.2) is 0 Å². The molecule has 1 heterocycles.